The Balaban J connectivity index is 1.33. The third-order valence-electron chi connectivity index (χ3n) is 8.24. The third kappa shape index (κ3) is 4.34. The number of fused-ring (bicyclic) bond motifs is 3. The van der Waals surface area contributed by atoms with Crippen molar-refractivity contribution in [3.05, 3.63) is 144 Å². The summed E-state index contributed by atoms with van der Waals surface area (Å²) in [5, 5.41) is 0. The molecular weight excluding hydrogens is 474 g/mol. The lowest BCUT2D eigenvalue weighted by Gasteiger charge is -2.30. The van der Waals surface area contributed by atoms with E-state index in [0.29, 0.717) is 12.4 Å². The smallest absolute Gasteiger partial charge is 0.156 e. The second-order valence-electron chi connectivity index (χ2n) is 10.9. The van der Waals surface area contributed by atoms with Gasteiger partial charge in [0.15, 0.2) is 5.84 Å². The Morgan fingerprint density at radius 2 is 1.56 bits per heavy atom. The van der Waals surface area contributed by atoms with Crippen LogP contribution in [0.3, 0.4) is 0 Å². The van der Waals surface area contributed by atoms with Gasteiger partial charge in [0.05, 0.1) is 12.9 Å². The van der Waals surface area contributed by atoms with Crippen molar-refractivity contribution >= 4 is 12.2 Å². The van der Waals surface area contributed by atoms with Crippen molar-refractivity contribution in [1.29, 1.82) is 0 Å². The van der Waals surface area contributed by atoms with Crippen molar-refractivity contribution in [1.82, 2.24) is 0 Å². The van der Waals surface area contributed by atoms with E-state index in [9.17, 15) is 0 Å². The van der Waals surface area contributed by atoms with E-state index < -0.39 is 0 Å². The fourth-order valence-corrected chi connectivity index (χ4v) is 6.25. The molecule has 6 rings (SSSR count). The number of allylic oxidation sites excluding steroid dienone is 9. The topological polar surface area (TPSA) is 50.7 Å². The summed E-state index contributed by atoms with van der Waals surface area (Å²) in [5.41, 5.74) is 15.6. The molecule has 0 aliphatic heterocycles. The van der Waals surface area contributed by atoms with Gasteiger partial charge in [0, 0.05) is 16.4 Å². The van der Waals surface area contributed by atoms with Crippen LogP contribution in [0, 0.1) is 5.41 Å². The van der Waals surface area contributed by atoms with Crippen molar-refractivity contribution < 1.29 is 0 Å². The van der Waals surface area contributed by atoms with Crippen molar-refractivity contribution in [3.8, 4) is 22.3 Å². The van der Waals surface area contributed by atoms with Crippen LogP contribution in [0.4, 0.5) is 0 Å². The van der Waals surface area contributed by atoms with Crippen molar-refractivity contribution in [2.24, 2.45) is 21.1 Å². The zero-order valence-corrected chi connectivity index (χ0v) is 22.5. The quantitative estimate of drug-likeness (QED) is 0.283. The number of amidine groups is 1. The fourth-order valence-electron chi connectivity index (χ4n) is 6.25. The molecule has 39 heavy (non-hydrogen) atoms. The molecule has 3 heteroatoms. The van der Waals surface area contributed by atoms with E-state index >= 15 is 0 Å². The average Bonchev–Trinajstić information content (AvgIpc) is 3.07. The molecule has 3 aromatic carbocycles. The largest absolute Gasteiger partial charge is 0.390 e. The van der Waals surface area contributed by atoms with Crippen molar-refractivity contribution in [2.45, 2.75) is 25.7 Å². The van der Waals surface area contributed by atoms with Crippen LogP contribution in [0.2, 0.25) is 0 Å². The SMILES string of the molecule is CC1(C)c2ccccc2-c2cccc(-c3ccc(C(N=CN)=NCC4=CC=CC=CC45C=CC=CC5)cc3)c21. The van der Waals surface area contributed by atoms with Crippen molar-refractivity contribution in [2.75, 3.05) is 6.54 Å². The first-order chi connectivity index (χ1) is 19.0. The summed E-state index contributed by atoms with van der Waals surface area (Å²) in [6.45, 7) is 5.19. The summed E-state index contributed by atoms with van der Waals surface area (Å²) in [4.78, 5) is 9.41. The van der Waals surface area contributed by atoms with Crippen LogP contribution >= 0.6 is 0 Å². The van der Waals surface area contributed by atoms with E-state index in [1.54, 1.807) is 0 Å². The van der Waals surface area contributed by atoms with Crippen molar-refractivity contribution in [3.63, 3.8) is 0 Å². The second-order valence-corrected chi connectivity index (χ2v) is 10.9. The molecule has 3 aliphatic rings. The standard InChI is InChI=1S/C36H33N3/c1-35(2)32-16-7-6-13-30(32)31-15-11-14-29(33(31)35)26-17-19-27(20-18-26)34(39-25-37)38-24-28-12-5-3-8-21-36(28)22-9-4-10-23-36/h3-22,25H,23-24H2,1-2H3,(H2,37,38,39). The van der Waals surface area contributed by atoms with Crippen LogP contribution in [0.25, 0.3) is 22.3 Å². The Labute approximate surface area is 231 Å². The molecule has 0 saturated heterocycles. The highest BCUT2D eigenvalue weighted by atomic mass is 14.9. The summed E-state index contributed by atoms with van der Waals surface area (Å²) in [7, 11) is 0. The molecule has 3 aliphatic carbocycles. The minimum absolute atomic E-state index is 0.0638. The van der Waals surface area contributed by atoms with Gasteiger partial charge < -0.3 is 5.73 Å². The van der Waals surface area contributed by atoms with Gasteiger partial charge in [0.2, 0.25) is 0 Å². The van der Waals surface area contributed by atoms with Crippen LogP contribution in [0.5, 0.6) is 0 Å². The monoisotopic (exact) mass is 507 g/mol. The molecule has 0 aromatic heterocycles. The number of aliphatic imine (C=N–C) groups is 2. The fraction of sp³-hybridized carbons (Fsp3) is 0.167. The highest BCUT2D eigenvalue weighted by molar-refractivity contribution is 6.03. The summed E-state index contributed by atoms with van der Waals surface area (Å²) in [6, 6.07) is 24.0. The van der Waals surface area contributed by atoms with Gasteiger partial charge in [-0.05, 0) is 45.4 Å². The number of rotatable bonds is 4. The zero-order valence-electron chi connectivity index (χ0n) is 22.5. The molecule has 1 unspecified atom stereocenters. The second kappa shape index (κ2) is 9.99. The third-order valence-corrected chi connectivity index (χ3v) is 8.24. The van der Waals surface area contributed by atoms with Crippen LogP contribution in [-0.2, 0) is 5.41 Å². The Morgan fingerprint density at radius 1 is 0.821 bits per heavy atom. The van der Waals surface area contributed by atoms with Gasteiger partial charge in [-0.2, -0.15) is 0 Å². The van der Waals surface area contributed by atoms with Crippen LogP contribution < -0.4 is 5.73 Å². The van der Waals surface area contributed by atoms with Crippen LogP contribution in [-0.4, -0.2) is 18.7 Å². The van der Waals surface area contributed by atoms with Gasteiger partial charge in [-0.3, -0.25) is 4.99 Å². The maximum atomic E-state index is 5.76. The van der Waals surface area contributed by atoms with Gasteiger partial charge in [0.25, 0.3) is 0 Å². The molecule has 0 saturated carbocycles. The highest BCUT2D eigenvalue weighted by Crippen LogP contribution is 2.51. The van der Waals surface area contributed by atoms with E-state index in [0.717, 1.165) is 12.0 Å². The number of hydrogen-bond donors (Lipinski definition) is 1. The maximum absolute atomic E-state index is 5.76. The van der Waals surface area contributed by atoms with Gasteiger partial charge in [-0.15, -0.1) is 0 Å². The number of benzene rings is 3. The first kappa shape index (κ1) is 24.8. The molecule has 0 radical (unpaired) electrons. The molecule has 3 aromatic rings. The molecule has 1 spiro atoms. The predicted molar refractivity (Wildman–Crippen MR) is 165 cm³/mol. The van der Waals surface area contributed by atoms with Gasteiger partial charge >= 0.3 is 0 Å². The molecule has 0 heterocycles. The first-order valence-electron chi connectivity index (χ1n) is 13.6. The molecule has 3 nitrogen and oxygen atoms in total. The van der Waals surface area contributed by atoms with Gasteiger partial charge in [-0.1, -0.05) is 135 Å². The Hall–Kier alpha value is -4.50. The summed E-state index contributed by atoms with van der Waals surface area (Å²) < 4.78 is 0. The van der Waals surface area contributed by atoms with Crippen LogP contribution in [0.15, 0.2) is 137 Å². The van der Waals surface area contributed by atoms with E-state index in [4.69, 9.17) is 10.7 Å². The Kier molecular flexibility index (Phi) is 6.36. The summed E-state index contributed by atoms with van der Waals surface area (Å²) in [5.74, 6) is 0.638. The Bertz CT molecular complexity index is 1620. The summed E-state index contributed by atoms with van der Waals surface area (Å²) >= 11 is 0. The molecular formula is C36H33N3. The molecule has 0 amide bonds. The zero-order chi connectivity index (χ0) is 26.9. The lowest BCUT2D eigenvalue weighted by Crippen LogP contribution is -2.21. The highest BCUT2D eigenvalue weighted by Gasteiger charge is 2.37. The molecule has 0 fully saturated rings. The van der Waals surface area contributed by atoms with Gasteiger partial charge in [-0.25, -0.2) is 4.99 Å². The lowest BCUT2D eigenvalue weighted by atomic mass is 9.75. The minimum atomic E-state index is -0.152. The average molecular weight is 508 g/mol. The maximum Gasteiger partial charge on any atom is 0.156 e. The predicted octanol–water partition coefficient (Wildman–Crippen LogP) is 7.95. The molecule has 0 bridgehead atoms. The summed E-state index contributed by atoms with van der Waals surface area (Å²) in [6.07, 6.45) is 21.7. The number of hydrogen-bond acceptors (Lipinski definition) is 1. The Morgan fingerprint density at radius 3 is 2.33 bits per heavy atom. The first-order valence-corrected chi connectivity index (χ1v) is 13.6. The lowest BCUT2D eigenvalue weighted by molar-refractivity contribution is 0.580. The van der Waals surface area contributed by atoms with Crippen LogP contribution in [0.1, 0.15) is 37.0 Å². The minimum Gasteiger partial charge on any atom is -0.390 e. The van der Waals surface area contributed by atoms with E-state index in [1.165, 1.54) is 45.3 Å². The number of nitrogens with two attached hydrogens (primary N) is 1. The van der Waals surface area contributed by atoms with Gasteiger partial charge in [0.1, 0.15) is 0 Å². The molecule has 1 atom stereocenters. The van der Waals surface area contributed by atoms with E-state index in [2.05, 4.69) is 140 Å². The van der Waals surface area contributed by atoms with E-state index in [1.807, 2.05) is 0 Å². The number of nitrogens with zero attached hydrogens (tertiary/aromatic N) is 2. The molecule has 2 N–H and O–H groups in total. The molecule has 192 valence electrons. The van der Waals surface area contributed by atoms with E-state index in [-0.39, 0.29) is 10.8 Å². The normalized spacial score (nSPS) is 20.8.